The topological polar surface area (TPSA) is 88.4 Å². The molecule has 3 aromatic rings. The zero-order valence-corrected chi connectivity index (χ0v) is 13.0. The van der Waals surface area contributed by atoms with Crippen LogP contribution in [-0.2, 0) is 4.79 Å². The number of para-hydroxylation sites is 2. The van der Waals surface area contributed by atoms with E-state index in [9.17, 15) is 14.4 Å². The third-order valence-corrected chi connectivity index (χ3v) is 3.59. The number of nitrogens with one attached hydrogen (secondary N) is 1. The van der Waals surface area contributed by atoms with E-state index in [0.29, 0.717) is 22.2 Å². The lowest BCUT2D eigenvalue weighted by atomic mass is 10.1. The fraction of sp³-hybridized carbons (Fsp3) is 0. The van der Waals surface area contributed by atoms with E-state index in [2.05, 4.69) is 5.32 Å². The van der Waals surface area contributed by atoms with Crippen molar-refractivity contribution in [2.45, 2.75) is 0 Å². The first-order valence-corrected chi connectivity index (χ1v) is 7.48. The van der Waals surface area contributed by atoms with Crippen molar-refractivity contribution in [2.24, 2.45) is 0 Å². The molecule has 3 rings (SSSR count). The van der Waals surface area contributed by atoms with Gasteiger partial charge < -0.3 is 10.4 Å². The van der Waals surface area contributed by atoms with Gasteiger partial charge in [0.15, 0.2) is 0 Å². The molecular weight excluding hydrogens is 320 g/mol. The summed E-state index contributed by atoms with van der Waals surface area (Å²) in [4.78, 5) is 35.4. The number of amides is 1. The van der Waals surface area contributed by atoms with Gasteiger partial charge in [0.1, 0.15) is 0 Å². The number of aromatic nitrogens is 1. The molecule has 1 aromatic heterocycles. The molecule has 2 N–H and O–H groups in total. The van der Waals surface area contributed by atoms with Crippen LogP contribution in [0.25, 0.3) is 10.9 Å². The molecule has 0 aliphatic carbocycles. The van der Waals surface area contributed by atoms with Crippen LogP contribution in [0.4, 0.5) is 5.69 Å². The van der Waals surface area contributed by atoms with Crippen LogP contribution >= 0.6 is 0 Å². The standard InChI is InChI=1S/C19H14N2O4/c22-17(10-11-18(23)24)21-12-15(14-8-4-5-9-16(14)21)19(25)20-13-6-2-1-3-7-13/h1-12H,(H,20,25)(H,23,24)/b11-10+. The first kappa shape index (κ1) is 16.2. The van der Waals surface area contributed by atoms with Crippen LogP contribution < -0.4 is 5.32 Å². The molecule has 0 saturated heterocycles. The molecule has 0 unspecified atom stereocenters. The number of carbonyl (C=O) groups is 3. The molecule has 0 saturated carbocycles. The normalized spacial score (nSPS) is 10.9. The Morgan fingerprint density at radius 3 is 2.32 bits per heavy atom. The van der Waals surface area contributed by atoms with Gasteiger partial charge in [0.25, 0.3) is 11.8 Å². The third kappa shape index (κ3) is 3.48. The van der Waals surface area contributed by atoms with E-state index >= 15 is 0 Å². The number of rotatable bonds is 4. The number of benzene rings is 2. The molecule has 0 atom stereocenters. The molecule has 25 heavy (non-hydrogen) atoms. The van der Waals surface area contributed by atoms with Crippen molar-refractivity contribution in [3.8, 4) is 0 Å². The predicted molar refractivity (Wildman–Crippen MR) is 93.7 cm³/mol. The van der Waals surface area contributed by atoms with E-state index in [4.69, 9.17) is 5.11 Å². The molecule has 0 radical (unpaired) electrons. The van der Waals surface area contributed by atoms with Crippen LogP contribution in [0.5, 0.6) is 0 Å². The molecule has 1 amide bonds. The Morgan fingerprint density at radius 1 is 0.920 bits per heavy atom. The molecule has 1 heterocycles. The number of hydrogen-bond acceptors (Lipinski definition) is 3. The Bertz CT molecular complexity index is 987. The molecule has 0 bridgehead atoms. The molecular formula is C19H14N2O4. The smallest absolute Gasteiger partial charge is 0.328 e. The van der Waals surface area contributed by atoms with Crippen LogP contribution in [0.1, 0.15) is 15.2 Å². The summed E-state index contributed by atoms with van der Waals surface area (Å²) in [5, 5.41) is 12.0. The van der Waals surface area contributed by atoms with E-state index in [1.54, 1.807) is 48.5 Å². The summed E-state index contributed by atoms with van der Waals surface area (Å²) in [6, 6.07) is 15.9. The minimum Gasteiger partial charge on any atom is -0.478 e. The number of carboxylic acids is 1. The third-order valence-electron chi connectivity index (χ3n) is 3.59. The van der Waals surface area contributed by atoms with Gasteiger partial charge in [-0.1, -0.05) is 36.4 Å². The maximum absolute atomic E-state index is 12.6. The van der Waals surface area contributed by atoms with E-state index in [1.807, 2.05) is 6.07 Å². The minimum atomic E-state index is -1.22. The molecule has 6 heteroatoms. The maximum Gasteiger partial charge on any atom is 0.328 e. The average Bonchev–Trinajstić information content (AvgIpc) is 3.00. The van der Waals surface area contributed by atoms with Crippen LogP contribution in [0, 0.1) is 0 Å². The number of carboxylic acid groups (broad SMARTS) is 1. The van der Waals surface area contributed by atoms with Gasteiger partial charge in [-0.25, -0.2) is 4.79 Å². The lowest BCUT2D eigenvalue weighted by Gasteiger charge is -2.03. The largest absolute Gasteiger partial charge is 0.478 e. The van der Waals surface area contributed by atoms with Gasteiger partial charge in [0.2, 0.25) is 0 Å². The Morgan fingerprint density at radius 2 is 1.60 bits per heavy atom. The quantitative estimate of drug-likeness (QED) is 0.717. The Hall–Kier alpha value is -3.67. The van der Waals surface area contributed by atoms with E-state index in [1.165, 1.54) is 10.8 Å². The number of allylic oxidation sites excluding steroid dienone is 1. The van der Waals surface area contributed by atoms with Crippen molar-refractivity contribution in [1.29, 1.82) is 0 Å². The van der Waals surface area contributed by atoms with Crippen LogP contribution in [0.2, 0.25) is 0 Å². The Kier molecular flexibility index (Phi) is 4.43. The van der Waals surface area contributed by atoms with E-state index < -0.39 is 11.9 Å². The fourth-order valence-corrected chi connectivity index (χ4v) is 2.49. The van der Waals surface area contributed by atoms with E-state index in [0.717, 1.165) is 12.2 Å². The number of hydrogen-bond donors (Lipinski definition) is 2. The summed E-state index contributed by atoms with van der Waals surface area (Å²) in [5.74, 6) is -2.11. The Balaban J connectivity index is 2.00. The first-order chi connectivity index (χ1) is 12.1. The number of carbonyl (C=O) groups excluding carboxylic acids is 2. The molecule has 0 aliphatic rings. The molecule has 2 aromatic carbocycles. The van der Waals surface area contributed by atoms with Crippen molar-refractivity contribution in [3.05, 3.63) is 78.5 Å². The number of anilines is 1. The van der Waals surface area contributed by atoms with Crippen LogP contribution in [0.15, 0.2) is 72.9 Å². The zero-order chi connectivity index (χ0) is 17.8. The summed E-state index contributed by atoms with van der Waals surface area (Å²) in [5.41, 5.74) is 1.50. The van der Waals surface area contributed by atoms with Crippen LogP contribution in [-0.4, -0.2) is 27.5 Å². The highest BCUT2D eigenvalue weighted by atomic mass is 16.4. The monoisotopic (exact) mass is 334 g/mol. The number of aliphatic carboxylic acids is 1. The van der Waals surface area contributed by atoms with Gasteiger partial charge in [-0.15, -0.1) is 0 Å². The van der Waals surface area contributed by atoms with Crippen molar-refractivity contribution in [3.63, 3.8) is 0 Å². The summed E-state index contributed by atoms with van der Waals surface area (Å²) in [6.07, 6.45) is 3.13. The highest BCUT2D eigenvalue weighted by molar-refractivity contribution is 6.15. The van der Waals surface area contributed by atoms with E-state index in [-0.39, 0.29) is 5.91 Å². The summed E-state index contributed by atoms with van der Waals surface area (Å²) in [6.45, 7) is 0. The Labute approximate surface area is 143 Å². The molecule has 6 nitrogen and oxygen atoms in total. The number of fused-ring (bicyclic) bond motifs is 1. The SMILES string of the molecule is O=C(O)/C=C/C(=O)n1cc(C(=O)Nc2ccccc2)c2ccccc21. The van der Waals surface area contributed by atoms with Crippen molar-refractivity contribution < 1.29 is 19.5 Å². The number of nitrogens with zero attached hydrogens (tertiary/aromatic N) is 1. The van der Waals surface area contributed by atoms with Crippen molar-refractivity contribution in [1.82, 2.24) is 4.57 Å². The van der Waals surface area contributed by atoms with Gasteiger partial charge in [0, 0.05) is 29.4 Å². The van der Waals surface area contributed by atoms with Gasteiger partial charge in [-0.3, -0.25) is 14.2 Å². The second-order valence-corrected chi connectivity index (χ2v) is 5.26. The first-order valence-electron chi connectivity index (χ1n) is 7.48. The summed E-state index contributed by atoms with van der Waals surface area (Å²) in [7, 11) is 0. The van der Waals surface area contributed by atoms with Gasteiger partial charge >= 0.3 is 5.97 Å². The predicted octanol–water partition coefficient (Wildman–Crippen LogP) is 3.17. The van der Waals surface area contributed by atoms with Gasteiger partial charge in [0.05, 0.1) is 11.1 Å². The molecule has 0 fully saturated rings. The molecule has 0 aliphatic heterocycles. The molecule has 0 spiro atoms. The summed E-state index contributed by atoms with van der Waals surface area (Å²) >= 11 is 0. The maximum atomic E-state index is 12.6. The highest BCUT2D eigenvalue weighted by Crippen LogP contribution is 2.22. The molecule has 124 valence electrons. The van der Waals surface area contributed by atoms with Gasteiger partial charge in [-0.2, -0.15) is 0 Å². The lowest BCUT2D eigenvalue weighted by Crippen LogP contribution is -2.12. The lowest BCUT2D eigenvalue weighted by molar-refractivity contribution is -0.131. The second kappa shape index (κ2) is 6.84. The van der Waals surface area contributed by atoms with Gasteiger partial charge in [-0.05, 0) is 18.2 Å². The highest BCUT2D eigenvalue weighted by Gasteiger charge is 2.17. The van der Waals surface area contributed by atoms with Crippen molar-refractivity contribution >= 4 is 34.4 Å². The van der Waals surface area contributed by atoms with Crippen LogP contribution in [0.3, 0.4) is 0 Å². The second-order valence-electron chi connectivity index (χ2n) is 5.26. The summed E-state index contributed by atoms with van der Waals surface area (Å²) < 4.78 is 1.26. The zero-order valence-electron chi connectivity index (χ0n) is 13.0. The average molecular weight is 334 g/mol. The van der Waals surface area contributed by atoms with Crippen molar-refractivity contribution in [2.75, 3.05) is 5.32 Å². The fourth-order valence-electron chi connectivity index (χ4n) is 2.49. The minimum absolute atomic E-state index is 0.330.